The molecule has 0 radical (unpaired) electrons. The molecule has 2 aliphatic heterocycles. The van der Waals surface area contributed by atoms with Crippen LogP contribution < -0.4 is 14.5 Å². The van der Waals surface area contributed by atoms with Gasteiger partial charge in [-0.05, 0) is 30.2 Å². The van der Waals surface area contributed by atoms with Gasteiger partial charge in [0.25, 0.3) is 0 Å². The maximum Gasteiger partial charge on any atom is 0.218 e. The molecular weight excluding hydrogens is 428 g/mol. The number of aromatic nitrogens is 4. The number of hydrogen-bond acceptors (Lipinski definition) is 9. The Morgan fingerprint density at radius 2 is 1.84 bits per heavy atom. The van der Waals surface area contributed by atoms with Crippen LogP contribution in [0, 0.1) is 0 Å². The second kappa shape index (κ2) is 8.34. The molecule has 2 aliphatic rings. The number of nitrogens with zero attached hydrogens (tertiary/aromatic N) is 6. The molecule has 1 aromatic carbocycles. The minimum Gasteiger partial charge on any atom is -0.474 e. The molecule has 1 saturated heterocycles. The Balaban J connectivity index is 1.27. The van der Waals surface area contributed by atoms with Crippen LogP contribution >= 0.6 is 0 Å². The van der Waals surface area contributed by atoms with Crippen LogP contribution in [-0.4, -0.2) is 60.3 Å². The van der Waals surface area contributed by atoms with E-state index in [2.05, 4.69) is 29.7 Å². The number of hydrogen-bond donors (Lipinski definition) is 0. The summed E-state index contributed by atoms with van der Waals surface area (Å²) in [4.78, 5) is 21.9. The summed E-state index contributed by atoms with van der Waals surface area (Å²) >= 11 is 0. The van der Waals surface area contributed by atoms with Gasteiger partial charge < -0.3 is 14.5 Å². The van der Waals surface area contributed by atoms with Crippen molar-refractivity contribution >= 4 is 27.2 Å². The average Bonchev–Trinajstić information content (AvgIpc) is 3.23. The molecule has 0 unspecified atom stereocenters. The molecule has 4 heterocycles. The second-order valence-electron chi connectivity index (χ2n) is 8.05. The molecule has 0 saturated carbocycles. The molecule has 32 heavy (non-hydrogen) atoms. The number of benzene rings is 1. The summed E-state index contributed by atoms with van der Waals surface area (Å²) in [6.45, 7) is 2.43. The average molecular weight is 453 g/mol. The van der Waals surface area contributed by atoms with Crippen molar-refractivity contribution in [1.82, 2.24) is 19.9 Å². The van der Waals surface area contributed by atoms with Crippen molar-refractivity contribution in [1.29, 1.82) is 0 Å². The Labute approximate surface area is 187 Å². The SMILES string of the molecule is CS(=O)(=O)c1ccc2c(c1)CCN2c1cc(OC2CCN(c3cnccn3)CC2)ncn1. The lowest BCUT2D eigenvalue weighted by molar-refractivity contribution is 0.163. The van der Waals surface area contributed by atoms with E-state index in [0.717, 1.165) is 61.8 Å². The molecule has 0 bridgehead atoms. The highest BCUT2D eigenvalue weighted by molar-refractivity contribution is 7.90. The number of ether oxygens (including phenoxy) is 1. The third kappa shape index (κ3) is 4.22. The zero-order valence-electron chi connectivity index (χ0n) is 17.8. The van der Waals surface area contributed by atoms with Crippen molar-refractivity contribution in [2.24, 2.45) is 0 Å². The standard InChI is InChI=1S/C22H24N6O3S/c1-32(29,30)18-2-3-19-16(12-18)4-11-28(19)20-13-22(26-15-25-20)31-17-5-9-27(10-6-17)21-14-23-7-8-24-21/h2-3,7-8,12-15,17H,4-6,9-11H2,1H3. The van der Waals surface area contributed by atoms with Crippen molar-refractivity contribution in [3.63, 3.8) is 0 Å². The summed E-state index contributed by atoms with van der Waals surface area (Å²) in [6.07, 6.45) is 10.5. The molecule has 0 atom stereocenters. The van der Waals surface area contributed by atoms with E-state index >= 15 is 0 Å². The lowest BCUT2D eigenvalue weighted by Crippen LogP contribution is -2.38. The van der Waals surface area contributed by atoms with Crippen molar-refractivity contribution in [3.8, 4) is 5.88 Å². The Morgan fingerprint density at radius 1 is 1.00 bits per heavy atom. The summed E-state index contributed by atoms with van der Waals surface area (Å²) in [7, 11) is -3.23. The monoisotopic (exact) mass is 452 g/mol. The van der Waals surface area contributed by atoms with Gasteiger partial charge in [-0.15, -0.1) is 0 Å². The number of fused-ring (bicyclic) bond motifs is 1. The Morgan fingerprint density at radius 3 is 2.59 bits per heavy atom. The van der Waals surface area contributed by atoms with Gasteiger partial charge in [0.1, 0.15) is 24.1 Å². The van der Waals surface area contributed by atoms with E-state index in [-0.39, 0.29) is 6.10 Å². The van der Waals surface area contributed by atoms with Crippen LogP contribution in [-0.2, 0) is 16.3 Å². The highest BCUT2D eigenvalue weighted by Crippen LogP contribution is 2.35. The van der Waals surface area contributed by atoms with Gasteiger partial charge >= 0.3 is 0 Å². The van der Waals surface area contributed by atoms with Gasteiger partial charge in [0.15, 0.2) is 9.84 Å². The van der Waals surface area contributed by atoms with Gasteiger partial charge in [0, 0.05) is 62.9 Å². The maximum absolute atomic E-state index is 11.9. The molecule has 2 aromatic heterocycles. The zero-order chi connectivity index (χ0) is 22.1. The molecule has 3 aromatic rings. The Bertz CT molecular complexity index is 1210. The number of rotatable bonds is 5. The van der Waals surface area contributed by atoms with Gasteiger partial charge in [-0.25, -0.2) is 23.4 Å². The molecule has 10 heteroatoms. The largest absolute Gasteiger partial charge is 0.474 e. The predicted octanol–water partition coefficient (Wildman–Crippen LogP) is 2.41. The molecule has 0 N–H and O–H groups in total. The first-order valence-corrected chi connectivity index (χ1v) is 12.5. The normalized spacial score (nSPS) is 16.8. The van der Waals surface area contributed by atoms with Crippen LogP contribution in [0.5, 0.6) is 5.88 Å². The maximum atomic E-state index is 11.9. The fraction of sp³-hybridized carbons (Fsp3) is 0.364. The molecule has 0 aliphatic carbocycles. The fourth-order valence-corrected chi connectivity index (χ4v) is 4.89. The minimum atomic E-state index is -3.23. The number of piperidine rings is 1. The summed E-state index contributed by atoms with van der Waals surface area (Å²) in [5.74, 6) is 2.19. The quantitative estimate of drug-likeness (QED) is 0.577. The van der Waals surface area contributed by atoms with E-state index in [1.807, 2.05) is 12.1 Å². The van der Waals surface area contributed by atoms with Crippen molar-refractivity contribution in [2.45, 2.75) is 30.3 Å². The molecular formula is C22H24N6O3S. The lowest BCUT2D eigenvalue weighted by Gasteiger charge is -2.32. The van der Waals surface area contributed by atoms with Crippen molar-refractivity contribution in [2.75, 3.05) is 35.7 Å². The van der Waals surface area contributed by atoms with Gasteiger partial charge in [-0.3, -0.25) is 4.98 Å². The van der Waals surface area contributed by atoms with Gasteiger partial charge in [0.2, 0.25) is 5.88 Å². The molecule has 1 fully saturated rings. The van der Waals surface area contributed by atoms with Crippen molar-refractivity contribution < 1.29 is 13.2 Å². The van der Waals surface area contributed by atoms with Crippen LogP contribution in [0.3, 0.4) is 0 Å². The Hall–Kier alpha value is -3.27. The van der Waals surface area contributed by atoms with E-state index < -0.39 is 9.84 Å². The highest BCUT2D eigenvalue weighted by Gasteiger charge is 2.25. The fourth-order valence-electron chi connectivity index (χ4n) is 4.22. The van der Waals surface area contributed by atoms with E-state index in [1.54, 1.807) is 30.7 Å². The summed E-state index contributed by atoms with van der Waals surface area (Å²) in [5, 5.41) is 0. The summed E-state index contributed by atoms with van der Waals surface area (Å²) in [5.41, 5.74) is 1.98. The first-order chi connectivity index (χ1) is 15.5. The minimum absolute atomic E-state index is 0.0776. The summed E-state index contributed by atoms with van der Waals surface area (Å²) < 4.78 is 29.9. The molecule has 166 valence electrons. The third-order valence-electron chi connectivity index (χ3n) is 5.88. The zero-order valence-corrected chi connectivity index (χ0v) is 18.6. The van der Waals surface area contributed by atoms with Gasteiger partial charge in [-0.2, -0.15) is 0 Å². The molecule has 0 spiro atoms. The predicted molar refractivity (Wildman–Crippen MR) is 120 cm³/mol. The molecule has 9 nitrogen and oxygen atoms in total. The third-order valence-corrected chi connectivity index (χ3v) is 6.99. The number of anilines is 3. The van der Waals surface area contributed by atoms with Crippen LogP contribution in [0.25, 0.3) is 0 Å². The van der Waals surface area contributed by atoms with Gasteiger partial charge in [-0.1, -0.05) is 0 Å². The van der Waals surface area contributed by atoms with E-state index in [4.69, 9.17) is 4.74 Å². The first-order valence-electron chi connectivity index (χ1n) is 10.6. The van der Waals surface area contributed by atoms with E-state index in [0.29, 0.717) is 10.8 Å². The van der Waals surface area contributed by atoms with E-state index in [9.17, 15) is 8.42 Å². The Kier molecular flexibility index (Phi) is 5.38. The topological polar surface area (TPSA) is 101 Å². The smallest absolute Gasteiger partial charge is 0.218 e. The lowest BCUT2D eigenvalue weighted by atomic mass is 10.1. The summed E-state index contributed by atoms with van der Waals surface area (Å²) in [6, 6.07) is 7.11. The molecule has 0 amide bonds. The number of sulfone groups is 1. The second-order valence-corrected chi connectivity index (χ2v) is 10.1. The first kappa shape index (κ1) is 20.6. The van der Waals surface area contributed by atoms with Crippen LogP contribution in [0.1, 0.15) is 18.4 Å². The van der Waals surface area contributed by atoms with Crippen LogP contribution in [0.4, 0.5) is 17.3 Å². The van der Waals surface area contributed by atoms with E-state index in [1.165, 1.54) is 12.6 Å². The van der Waals surface area contributed by atoms with Crippen LogP contribution in [0.15, 0.2) is 54.1 Å². The van der Waals surface area contributed by atoms with Gasteiger partial charge in [0.05, 0.1) is 11.1 Å². The molecule has 5 rings (SSSR count). The highest BCUT2D eigenvalue weighted by atomic mass is 32.2. The van der Waals surface area contributed by atoms with Crippen LogP contribution in [0.2, 0.25) is 0 Å². The van der Waals surface area contributed by atoms with Crippen molar-refractivity contribution in [3.05, 3.63) is 54.7 Å².